The molecular formula is C17H30N2O2. The number of aliphatic hydroxyl groups excluding tert-OH is 1. The SMILES string of the molecule is C=CC[C@]1(CO)CCCN(C(=O)CCCN2CCCC2)C1. The van der Waals surface area contributed by atoms with Gasteiger partial charge in [0.15, 0.2) is 0 Å². The zero-order valence-corrected chi connectivity index (χ0v) is 13.2. The molecule has 0 aromatic heterocycles. The van der Waals surface area contributed by atoms with E-state index in [2.05, 4.69) is 11.5 Å². The molecule has 2 heterocycles. The number of hydrogen-bond acceptors (Lipinski definition) is 3. The first-order valence-electron chi connectivity index (χ1n) is 8.41. The lowest BCUT2D eigenvalue weighted by atomic mass is 9.77. The number of carbonyl (C=O) groups excluding carboxylic acids is 1. The van der Waals surface area contributed by atoms with Gasteiger partial charge in [-0.15, -0.1) is 6.58 Å². The summed E-state index contributed by atoms with van der Waals surface area (Å²) in [5.41, 5.74) is -0.148. The fourth-order valence-electron chi connectivity index (χ4n) is 3.71. The number of carbonyl (C=O) groups is 1. The number of amides is 1. The Kier molecular flexibility index (Phi) is 6.24. The molecular weight excluding hydrogens is 264 g/mol. The van der Waals surface area contributed by atoms with E-state index in [4.69, 9.17) is 0 Å². The predicted molar refractivity (Wildman–Crippen MR) is 85.1 cm³/mol. The number of hydrogen-bond donors (Lipinski definition) is 1. The second kappa shape index (κ2) is 7.95. The lowest BCUT2D eigenvalue weighted by Crippen LogP contribution is -2.47. The number of aliphatic hydroxyl groups is 1. The van der Waals surface area contributed by atoms with Gasteiger partial charge in [-0.1, -0.05) is 6.08 Å². The normalized spacial score (nSPS) is 27.0. The lowest BCUT2D eigenvalue weighted by molar-refractivity contribution is -0.135. The van der Waals surface area contributed by atoms with Crippen molar-refractivity contribution in [2.45, 2.75) is 44.9 Å². The van der Waals surface area contributed by atoms with Gasteiger partial charge in [-0.25, -0.2) is 0 Å². The number of nitrogens with zero attached hydrogens (tertiary/aromatic N) is 2. The minimum absolute atomic E-state index is 0.148. The van der Waals surface area contributed by atoms with Gasteiger partial charge in [0.1, 0.15) is 0 Å². The van der Waals surface area contributed by atoms with E-state index in [9.17, 15) is 9.90 Å². The molecule has 2 aliphatic rings. The average molecular weight is 294 g/mol. The van der Waals surface area contributed by atoms with Crippen LogP contribution in [0.25, 0.3) is 0 Å². The highest BCUT2D eigenvalue weighted by atomic mass is 16.3. The standard InChI is InChI=1S/C17H30N2O2/c1-2-8-17(15-20)9-6-13-19(14-17)16(21)7-5-12-18-10-3-4-11-18/h2,20H,1,3-15H2/t17-/m0/s1. The Hall–Kier alpha value is -0.870. The van der Waals surface area contributed by atoms with Crippen LogP contribution < -0.4 is 0 Å². The molecule has 0 unspecified atom stereocenters. The van der Waals surface area contributed by atoms with E-state index in [1.165, 1.54) is 25.9 Å². The van der Waals surface area contributed by atoms with Gasteiger partial charge in [-0.05, 0) is 58.2 Å². The van der Waals surface area contributed by atoms with Crippen LogP contribution in [0.15, 0.2) is 12.7 Å². The smallest absolute Gasteiger partial charge is 0.222 e. The summed E-state index contributed by atoms with van der Waals surface area (Å²) < 4.78 is 0. The summed E-state index contributed by atoms with van der Waals surface area (Å²) in [6.45, 7) is 8.93. The number of likely N-dealkylation sites (tertiary alicyclic amines) is 2. The zero-order valence-electron chi connectivity index (χ0n) is 13.2. The quantitative estimate of drug-likeness (QED) is 0.731. The Balaban J connectivity index is 1.76. The first-order chi connectivity index (χ1) is 10.2. The number of piperidine rings is 1. The van der Waals surface area contributed by atoms with Crippen molar-refractivity contribution in [3.05, 3.63) is 12.7 Å². The molecule has 0 aliphatic carbocycles. The highest BCUT2D eigenvalue weighted by Crippen LogP contribution is 2.33. The van der Waals surface area contributed by atoms with Gasteiger partial charge in [0, 0.05) is 24.9 Å². The zero-order chi connectivity index (χ0) is 15.1. The van der Waals surface area contributed by atoms with Gasteiger partial charge < -0.3 is 14.9 Å². The van der Waals surface area contributed by atoms with E-state index in [1.807, 2.05) is 11.0 Å². The van der Waals surface area contributed by atoms with E-state index in [1.54, 1.807) is 0 Å². The average Bonchev–Trinajstić information content (AvgIpc) is 3.01. The van der Waals surface area contributed by atoms with E-state index < -0.39 is 0 Å². The first kappa shape index (κ1) is 16.5. The van der Waals surface area contributed by atoms with Crippen molar-refractivity contribution in [1.82, 2.24) is 9.80 Å². The maximum Gasteiger partial charge on any atom is 0.222 e. The van der Waals surface area contributed by atoms with Crippen molar-refractivity contribution in [2.24, 2.45) is 5.41 Å². The molecule has 1 N–H and O–H groups in total. The highest BCUT2D eigenvalue weighted by Gasteiger charge is 2.35. The third-order valence-electron chi connectivity index (χ3n) is 4.99. The van der Waals surface area contributed by atoms with Crippen LogP contribution in [0.2, 0.25) is 0 Å². The van der Waals surface area contributed by atoms with Crippen LogP contribution in [0.1, 0.15) is 44.9 Å². The van der Waals surface area contributed by atoms with Crippen LogP contribution in [0.3, 0.4) is 0 Å². The summed E-state index contributed by atoms with van der Waals surface area (Å²) in [5.74, 6) is 0.260. The molecule has 1 amide bonds. The Labute approximate surface area is 128 Å². The Morgan fingerprint density at radius 2 is 2.00 bits per heavy atom. The van der Waals surface area contributed by atoms with Crippen LogP contribution in [0.5, 0.6) is 0 Å². The van der Waals surface area contributed by atoms with Crippen molar-refractivity contribution in [3.63, 3.8) is 0 Å². The third kappa shape index (κ3) is 4.55. The molecule has 0 spiro atoms. The lowest BCUT2D eigenvalue weighted by Gasteiger charge is -2.41. The van der Waals surface area contributed by atoms with Crippen molar-refractivity contribution in [1.29, 1.82) is 0 Å². The molecule has 0 aromatic rings. The van der Waals surface area contributed by atoms with Crippen LogP contribution in [-0.4, -0.2) is 60.1 Å². The number of rotatable bonds is 7. The molecule has 4 nitrogen and oxygen atoms in total. The summed E-state index contributed by atoms with van der Waals surface area (Å²) >= 11 is 0. The molecule has 0 aromatic carbocycles. The fourth-order valence-corrected chi connectivity index (χ4v) is 3.71. The minimum atomic E-state index is -0.148. The summed E-state index contributed by atoms with van der Waals surface area (Å²) in [6, 6.07) is 0. The summed E-state index contributed by atoms with van der Waals surface area (Å²) in [6.07, 6.45) is 8.87. The molecule has 21 heavy (non-hydrogen) atoms. The van der Waals surface area contributed by atoms with E-state index >= 15 is 0 Å². The highest BCUT2D eigenvalue weighted by molar-refractivity contribution is 5.76. The molecule has 2 aliphatic heterocycles. The largest absolute Gasteiger partial charge is 0.396 e. The number of allylic oxidation sites excluding steroid dienone is 1. The van der Waals surface area contributed by atoms with Crippen LogP contribution >= 0.6 is 0 Å². The van der Waals surface area contributed by atoms with E-state index in [-0.39, 0.29) is 17.9 Å². The van der Waals surface area contributed by atoms with Gasteiger partial charge in [0.25, 0.3) is 0 Å². The van der Waals surface area contributed by atoms with Gasteiger partial charge in [0.05, 0.1) is 6.61 Å². The minimum Gasteiger partial charge on any atom is -0.396 e. The molecule has 2 saturated heterocycles. The molecule has 4 heteroatoms. The molecule has 0 saturated carbocycles. The summed E-state index contributed by atoms with van der Waals surface area (Å²) in [5, 5.41) is 9.70. The third-order valence-corrected chi connectivity index (χ3v) is 4.99. The van der Waals surface area contributed by atoms with Crippen molar-refractivity contribution in [3.8, 4) is 0 Å². The van der Waals surface area contributed by atoms with E-state index in [0.29, 0.717) is 13.0 Å². The van der Waals surface area contributed by atoms with Gasteiger partial charge in [0.2, 0.25) is 5.91 Å². The molecule has 0 radical (unpaired) electrons. The Morgan fingerprint density at radius 1 is 1.24 bits per heavy atom. The van der Waals surface area contributed by atoms with Gasteiger partial charge in [-0.2, -0.15) is 0 Å². The Morgan fingerprint density at radius 3 is 2.67 bits per heavy atom. The first-order valence-corrected chi connectivity index (χ1v) is 8.41. The predicted octanol–water partition coefficient (Wildman–Crippen LogP) is 2.04. The second-order valence-electron chi connectivity index (χ2n) is 6.72. The monoisotopic (exact) mass is 294 g/mol. The molecule has 2 rings (SSSR count). The van der Waals surface area contributed by atoms with Crippen molar-refractivity contribution in [2.75, 3.05) is 39.3 Å². The van der Waals surface area contributed by atoms with Crippen LogP contribution in [-0.2, 0) is 4.79 Å². The van der Waals surface area contributed by atoms with Gasteiger partial charge >= 0.3 is 0 Å². The Bertz CT molecular complexity index is 353. The van der Waals surface area contributed by atoms with E-state index in [0.717, 1.165) is 38.8 Å². The van der Waals surface area contributed by atoms with Crippen LogP contribution in [0, 0.1) is 5.41 Å². The van der Waals surface area contributed by atoms with Crippen molar-refractivity contribution >= 4 is 5.91 Å². The maximum atomic E-state index is 12.4. The van der Waals surface area contributed by atoms with Crippen molar-refractivity contribution < 1.29 is 9.90 Å². The maximum absolute atomic E-state index is 12.4. The summed E-state index contributed by atoms with van der Waals surface area (Å²) in [4.78, 5) is 16.8. The second-order valence-corrected chi connectivity index (χ2v) is 6.72. The molecule has 0 bridgehead atoms. The molecule has 1 atom stereocenters. The summed E-state index contributed by atoms with van der Waals surface area (Å²) in [7, 11) is 0. The fraction of sp³-hybridized carbons (Fsp3) is 0.824. The van der Waals surface area contributed by atoms with Crippen LogP contribution in [0.4, 0.5) is 0 Å². The van der Waals surface area contributed by atoms with Gasteiger partial charge in [-0.3, -0.25) is 4.79 Å². The topological polar surface area (TPSA) is 43.8 Å². The molecule has 2 fully saturated rings. The molecule has 120 valence electrons.